The summed E-state index contributed by atoms with van der Waals surface area (Å²) in [7, 11) is 0. The van der Waals surface area contributed by atoms with E-state index >= 15 is 0 Å². The van der Waals surface area contributed by atoms with Gasteiger partial charge in [0.15, 0.2) is 22.4 Å². The number of hydrogen-bond donors (Lipinski definition) is 1. The lowest BCUT2D eigenvalue weighted by Gasteiger charge is -2.16. The van der Waals surface area contributed by atoms with Crippen molar-refractivity contribution in [3.05, 3.63) is 82.5 Å². The SMILES string of the molecule is CCOc1cc(/C=C2/SC(=S)N(c3ccc(Br)c(Cl)c3)C2=O)cc(Br)c1OCC(=O)Nc1cc(C)c(C)cc1Br. The maximum atomic E-state index is 13.2. The van der Waals surface area contributed by atoms with E-state index in [0.29, 0.717) is 53.8 Å². The Morgan fingerprint density at radius 3 is 2.48 bits per heavy atom. The first-order chi connectivity index (χ1) is 19.0. The number of anilines is 2. The fourth-order valence-corrected chi connectivity index (χ4v) is 6.59. The molecule has 0 radical (unpaired) electrons. The van der Waals surface area contributed by atoms with Gasteiger partial charge in [-0.05, 0) is 134 Å². The number of nitrogens with zero attached hydrogens (tertiary/aromatic N) is 1. The topological polar surface area (TPSA) is 67.9 Å². The smallest absolute Gasteiger partial charge is 0.270 e. The van der Waals surface area contributed by atoms with Crippen molar-refractivity contribution >= 4 is 117 Å². The van der Waals surface area contributed by atoms with Crippen LogP contribution in [-0.4, -0.2) is 29.3 Å². The number of halogens is 4. The molecule has 12 heteroatoms. The third-order valence-electron chi connectivity index (χ3n) is 5.79. The molecule has 1 heterocycles. The Balaban J connectivity index is 1.53. The second-order valence-electron chi connectivity index (χ2n) is 8.63. The van der Waals surface area contributed by atoms with Gasteiger partial charge in [0.1, 0.15) is 0 Å². The van der Waals surface area contributed by atoms with Crippen LogP contribution >= 0.6 is 83.4 Å². The Bertz CT molecular complexity index is 1560. The molecule has 0 spiro atoms. The van der Waals surface area contributed by atoms with Crippen LogP contribution in [0.1, 0.15) is 23.6 Å². The molecule has 3 aromatic carbocycles. The van der Waals surface area contributed by atoms with E-state index in [2.05, 4.69) is 53.1 Å². The normalized spacial score (nSPS) is 14.2. The van der Waals surface area contributed by atoms with Gasteiger partial charge in [0.05, 0.1) is 32.4 Å². The van der Waals surface area contributed by atoms with Crippen molar-refractivity contribution in [2.75, 3.05) is 23.4 Å². The minimum atomic E-state index is -0.320. The van der Waals surface area contributed by atoms with Gasteiger partial charge in [-0.2, -0.15) is 0 Å². The second-order valence-corrected chi connectivity index (χ2v) is 13.3. The van der Waals surface area contributed by atoms with E-state index in [9.17, 15) is 9.59 Å². The molecule has 1 aliphatic heterocycles. The summed E-state index contributed by atoms with van der Waals surface area (Å²) in [5.74, 6) is 0.236. The van der Waals surface area contributed by atoms with Gasteiger partial charge in [-0.25, -0.2) is 0 Å². The van der Waals surface area contributed by atoms with Crippen LogP contribution in [0, 0.1) is 13.8 Å². The third-order valence-corrected chi connectivity index (χ3v) is 9.57. The summed E-state index contributed by atoms with van der Waals surface area (Å²) in [5.41, 5.74) is 4.13. The molecule has 40 heavy (non-hydrogen) atoms. The van der Waals surface area contributed by atoms with Crippen LogP contribution in [0.2, 0.25) is 5.02 Å². The van der Waals surface area contributed by atoms with Crippen molar-refractivity contribution in [2.24, 2.45) is 0 Å². The number of carbonyl (C=O) groups is 2. The zero-order valence-corrected chi connectivity index (χ0v) is 28.6. The highest BCUT2D eigenvalue weighted by atomic mass is 79.9. The first-order valence-corrected chi connectivity index (χ1v) is 15.9. The summed E-state index contributed by atoms with van der Waals surface area (Å²) in [4.78, 5) is 27.8. The Hall–Kier alpha value is -1.89. The number of carbonyl (C=O) groups excluding carboxylic acids is 2. The number of amides is 2. The maximum absolute atomic E-state index is 13.2. The molecule has 1 aliphatic rings. The van der Waals surface area contributed by atoms with E-state index < -0.39 is 0 Å². The lowest BCUT2D eigenvalue weighted by atomic mass is 10.1. The molecule has 0 unspecified atom stereocenters. The molecule has 1 N–H and O–H groups in total. The standard InChI is InChI=1S/C28H22Br3ClN2O4S2/c1-4-37-23-10-16(11-24-27(36)34(28(39)40-24)17-5-6-18(29)21(32)12-17)9-20(31)26(23)38-13-25(35)33-22-8-15(3)14(2)7-19(22)30/h5-12H,4,13H2,1-3H3,(H,33,35)/b24-11+. The van der Waals surface area contributed by atoms with Crippen LogP contribution in [0.25, 0.3) is 6.08 Å². The van der Waals surface area contributed by atoms with E-state index in [1.807, 2.05) is 32.9 Å². The van der Waals surface area contributed by atoms with Crippen molar-refractivity contribution < 1.29 is 19.1 Å². The number of nitrogens with one attached hydrogen (secondary N) is 1. The fourth-order valence-electron chi connectivity index (χ4n) is 3.74. The number of thioether (sulfide) groups is 1. The number of aryl methyl sites for hydroxylation is 2. The molecule has 0 bridgehead atoms. The summed E-state index contributed by atoms with van der Waals surface area (Å²) >= 11 is 23.3. The van der Waals surface area contributed by atoms with E-state index in [1.54, 1.807) is 36.4 Å². The molecular formula is C28H22Br3ClN2O4S2. The van der Waals surface area contributed by atoms with Crippen LogP contribution in [0.5, 0.6) is 11.5 Å². The molecule has 0 aromatic heterocycles. The number of hydrogen-bond acceptors (Lipinski definition) is 6. The van der Waals surface area contributed by atoms with Crippen LogP contribution in [0.3, 0.4) is 0 Å². The summed E-state index contributed by atoms with van der Waals surface area (Å²) in [6.07, 6.45) is 1.74. The van der Waals surface area contributed by atoms with Crippen LogP contribution in [0.4, 0.5) is 11.4 Å². The molecule has 0 saturated carbocycles. The molecular weight excluding hydrogens is 768 g/mol. The third kappa shape index (κ3) is 7.11. The summed E-state index contributed by atoms with van der Waals surface area (Å²) < 4.78 is 14.2. The number of thiocarbonyl (C=S) groups is 1. The molecule has 4 rings (SSSR count). The number of rotatable bonds is 8. The first-order valence-electron chi connectivity index (χ1n) is 11.9. The van der Waals surface area contributed by atoms with Gasteiger partial charge in [0, 0.05) is 8.95 Å². The predicted octanol–water partition coefficient (Wildman–Crippen LogP) is 9.07. The molecule has 208 valence electrons. The number of ether oxygens (including phenoxy) is 2. The van der Waals surface area contributed by atoms with Crippen LogP contribution in [0.15, 0.2) is 60.8 Å². The van der Waals surface area contributed by atoms with E-state index in [-0.39, 0.29) is 18.4 Å². The minimum absolute atomic E-state index is 0.230. The lowest BCUT2D eigenvalue weighted by Crippen LogP contribution is -2.27. The average molecular weight is 790 g/mol. The second kappa shape index (κ2) is 13.4. The molecule has 2 amide bonds. The van der Waals surface area contributed by atoms with Gasteiger partial charge >= 0.3 is 0 Å². The quantitative estimate of drug-likeness (QED) is 0.182. The van der Waals surface area contributed by atoms with Gasteiger partial charge < -0.3 is 14.8 Å². The monoisotopic (exact) mass is 786 g/mol. The zero-order chi connectivity index (χ0) is 29.1. The molecule has 6 nitrogen and oxygen atoms in total. The Labute approximate surface area is 272 Å². The van der Waals surface area contributed by atoms with Gasteiger partial charge in [-0.15, -0.1) is 0 Å². The van der Waals surface area contributed by atoms with E-state index in [0.717, 1.165) is 20.1 Å². The molecule has 0 atom stereocenters. The highest BCUT2D eigenvalue weighted by Gasteiger charge is 2.33. The maximum Gasteiger partial charge on any atom is 0.270 e. The highest BCUT2D eigenvalue weighted by Crippen LogP contribution is 2.41. The minimum Gasteiger partial charge on any atom is -0.490 e. The lowest BCUT2D eigenvalue weighted by molar-refractivity contribution is -0.118. The Morgan fingerprint density at radius 2 is 1.77 bits per heavy atom. The van der Waals surface area contributed by atoms with E-state index in [4.69, 9.17) is 33.3 Å². The summed E-state index contributed by atoms with van der Waals surface area (Å²) in [6, 6.07) is 12.6. The molecule has 0 aliphatic carbocycles. The van der Waals surface area contributed by atoms with Gasteiger partial charge in [-0.1, -0.05) is 35.6 Å². The van der Waals surface area contributed by atoms with Crippen molar-refractivity contribution in [1.82, 2.24) is 0 Å². The van der Waals surface area contributed by atoms with Crippen molar-refractivity contribution in [2.45, 2.75) is 20.8 Å². The van der Waals surface area contributed by atoms with Gasteiger partial charge in [0.2, 0.25) is 0 Å². The molecule has 3 aromatic rings. The highest BCUT2D eigenvalue weighted by molar-refractivity contribution is 9.11. The van der Waals surface area contributed by atoms with Crippen molar-refractivity contribution in [1.29, 1.82) is 0 Å². The van der Waals surface area contributed by atoms with Crippen LogP contribution in [-0.2, 0) is 9.59 Å². The average Bonchev–Trinajstić information content (AvgIpc) is 3.16. The van der Waals surface area contributed by atoms with Gasteiger partial charge in [0.25, 0.3) is 11.8 Å². The first kappa shape index (κ1) is 31.1. The fraction of sp³-hybridized carbons (Fsp3) is 0.179. The Morgan fingerprint density at radius 1 is 1.05 bits per heavy atom. The number of benzene rings is 3. The Kier molecular flexibility index (Phi) is 10.4. The predicted molar refractivity (Wildman–Crippen MR) is 178 cm³/mol. The van der Waals surface area contributed by atoms with Crippen LogP contribution < -0.4 is 19.7 Å². The molecule has 1 fully saturated rings. The molecule has 1 saturated heterocycles. The van der Waals surface area contributed by atoms with E-state index in [1.165, 1.54) is 16.7 Å². The van der Waals surface area contributed by atoms with Gasteiger partial charge in [-0.3, -0.25) is 14.5 Å². The largest absolute Gasteiger partial charge is 0.490 e. The summed E-state index contributed by atoms with van der Waals surface area (Å²) in [6.45, 7) is 5.98. The zero-order valence-electron chi connectivity index (χ0n) is 21.4. The van der Waals surface area contributed by atoms with Crippen molar-refractivity contribution in [3.8, 4) is 11.5 Å². The van der Waals surface area contributed by atoms with Crippen molar-refractivity contribution in [3.63, 3.8) is 0 Å². The summed E-state index contributed by atoms with van der Waals surface area (Å²) in [5, 5.41) is 3.35.